The van der Waals surface area contributed by atoms with Crippen molar-refractivity contribution in [2.45, 2.75) is 52.4 Å². The van der Waals surface area contributed by atoms with Crippen molar-refractivity contribution in [3.05, 3.63) is 48.2 Å². The van der Waals surface area contributed by atoms with Crippen molar-refractivity contribution in [2.75, 3.05) is 6.61 Å². The molecule has 0 fully saturated rings. The molecule has 1 aromatic heterocycles. The molecule has 0 aliphatic heterocycles. The molecule has 2 heteroatoms. The zero-order valence-electron chi connectivity index (χ0n) is 13.8. The highest BCUT2D eigenvalue weighted by Crippen LogP contribution is 2.31. The summed E-state index contributed by atoms with van der Waals surface area (Å²) in [5, 5.41) is 0. The van der Waals surface area contributed by atoms with Crippen LogP contribution in [0.1, 0.15) is 51.0 Å². The number of benzene rings is 1. The van der Waals surface area contributed by atoms with E-state index in [1.807, 2.05) is 24.4 Å². The lowest BCUT2D eigenvalue weighted by atomic mass is 10.1. The van der Waals surface area contributed by atoms with Crippen molar-refractivity contribution in [1.29, 1.82) is 0 Å². The fourth-order valence-corrected chi connectivity index (χ4v) is 2.62. The number of para-hydroxylation sites is 1. The van der Waals surface area contributed by atoms with E-state index in [2.05, 4.69) is 37.0 Å². The summed E-state index contributed by atoms with van der Waals surface area (Å²) in [6.07, 6.45) is 9.52. The average molecular weight is 297 g/mol. The fourth-order valence-electron chi connectivity index (χ4n) is 2.62. The molecular weight excluding hydrogens is 270 g/mol. The SMILES string of the molecule is CCCCCCCCOc1c(C)cccc1-c1ccccn1. The van der Waals surface area contributed by atoms with Gasteiger partial charge in [-0.25, -0.2) is 0 Å². The highest BCUT2D eigenvalue weighted by molar-refractivity contribution is 5.68. The summed E-state index contributed by atoms with van der Waals surface area (Å²) in [6.45, 7) is 5.14. The van der Waals surface area contributed by atoms with Crippen LogP contribution >= 0.6 is 0 Å². The molecule has 2 nitrogen and oxygen atoms in total. The Hall–Kier alpha value is -1.83. The van der Waals surface area contributed by atoms with Crippen LogP contribution in [0.25, 0.3) is 11.3 Å². The molecule has 1 aromatic carbocycles. The Morgan fingerprint density at radius 1 is 0.909 bits per heavy atom. The average Bonchev–Trinajstić information content (AvgIpc) is 2.56. The molecule has 0 N–H and O–H groups in total. The first kappa shape index (κ1) is 16.5. The van der Waals surface area contributed by atoms with Gasteiger partial charge in [0.2, 0.25) is 0 Å². The van der Waals surface area contributed by atoms with Gasteiger partial charge in [0.15, 0.2) is 0 Å². The summed E-state index contributed by atoms with van der Waals surface area (Å²) in [7, 11) is 0. The minimum Gasteiger partial charge on any atom is -0.493 e. The number of ether oxygens (including phenoxy) is 1. The normalized spacial score (nSPS) is 10.6. The predicted octanol–water partition coefficient (Wildman–Crippen LogP) is 5.80. The lowest BCUT2D eigenvalue weighted by molar-refractivity contribution is 0.303. The van der Waals surface area contributed by atoms with Gasteiger partial charge in [0, 0.05) is 11.8 Å². The van der Waals surface area contributed by atoms with Crippen LogP contribution < -0.4 is 4.74 Å². The minimum absolute atomic E-state index is 0.789. The lowest BCUT2D eigenvalue weighted by Crippen LogP contribution is -2.01. The van der Waals surface area contributed by atoms with Crippen molar-refractivity contribution in [3.63, 3.8) is 0 Å². The van der Waals surface area contributed by atoms with E-state index in [1.54, 1.807) is 0 Å². The van der Waals surface area contributed by atoms with E-state index in [9.17, 15) is 0 Å². The summed E-state index contributed by atoms with van der Waals surface area (Å²) in [5.41, 5.74) is 3.24. The van der Waals surface area contributed by atoms with Crippen molar-refractivity contribution in [2.24, 2.45) is 0 Å². The van der Waals surface area contributed by atoms with Crippen LogP contribution in [0.4, 0.5) is 0 Å². The highest BCUT2D eigenvalue weighted by atomic mass is 16.5. The lowest BCUT2D eigenvalue weighted by Gasteiger charge is -2.14. The van der Waals surface area contributed by atoms with E-state index in [4.69, 9.17) is 4.74 Å². The standard InChI is InChI=1S/C20H27NO/c1-3-4-5-6-7-10-16-22-20-17(2)12-11-13-18(20)19-14-8-9-15-21-19/h8-9,11-15H,3-7,10,16H2,1-2H3. The molecule has 0 atom stereocenters. The second-order valence-corrected chi connectivity index (χ2v) is 5.78. The van der Waals surface area contributed by atoms with Gasteiger partial charge >= 0.3 is 0 Å². The molecule has 0 saturated carbocycles. The van der Waals surface area contributed by atoms with Gasteiger partial charge in [0.1, 0.15) is 5.75 Å². The third-order valence-corrected chi connectivity index (χ3v) is 3.90. The monoisotopic (exact) mass is 297 g/mol. The van der Waals surface area contributed by atoms with Gasteiger partial charge < -0.3 is 4.74 Å². The van der Waals surface area contributed by atoms with Gasteiger partial charge in [-0.15, -0.1) is 0 Å². The topological polar surface area (TPSA) is 22.1 Å². The molecule has 1 heterocycles. The molecule has 2 rings (SSSR count). The quantitative estimate of drug-likeness (QED) is 0.546. The highest BCUT2D eigenvalue weighted by Gasteiger charge is 2.09. The Morgan fingerprint density at radius 3 is 2.50 bits per heavy atom. The third-order valence-electron chi connectivity index (χ3n) is 3.90. The number of hydrogen-bond donors (Lipinski definition) is 0. The minimum atomic E-state index is 0.789. The maximum atomic E-state index is 6.09. The molecule has 0 unspecified atom stereocenters. The molecule has 0 spiro atoms. The molecule has 0 radical (unpaired) electrons. The summed E-state index contributed by atoms with van der Waals surface area (Å²) in [6, 6.07) is 12.2. The van der Waals surface area contributed by atoms with Crippen LogP contribution in [0, 0.1) is 6.92 Å². The molecule has 0 bridgehead atoms. The van der Waals surface area contributed by atoms with Gasteiger partial charge in [-0.2, -0.15) is 0 Å². The van der Waals surface area contributed by atoms with Gasteiger partial charge in [-0.3, -0.25) is 4.98 Å². The van der Waals surface area contributed by atoms with Gasteiger partial charge in [-0.1, -0.05) is 57.2 Å². The van der Waals surface area contributed by atoms with Crippen molar-refractivity contribution < 1.29 is 4.74 Å². The second kappa shape index (κ2) is 9.24. The van der Waals surface area contributed by atoms with Crippen LogP contribution in [-0.4, -0.2) is 11.6 Å². The number of pyridine rings is 1. The first-order valence-corrected chi connectivity index (χ1v) is 8.46. The molecule has 2 aromatic rings. The Balaban J connectivity index is 1.93. The van der Waals surface area contributed by atoms with E-state index in [-0.39, 0.29) is 0 Å². The maximum absolute atomic E-state index is 6.09. The number of nitrogens with zero attached hydrogens (tertiary/aromatic N) is 1. The molecular formula is C20H27NO. The largest absolute Gasteiger partial charge is 0.493 e. The van der Waals surface area contributed by atoms with E-state index in [0.717, 1.165) is 30.0 Å². The first-order chi connectivity index (χ1) is 10.8. The molecule has 118 valence electrons. The van der Waals surface area contributed by atoms with E-state index in [0.29, 0.717) is 0 Å². The Kier molecular flexibility index (Phi) is 6.95. The van der Waals surface area contributed by atoms with Gasteiger partial charge in [-0.05, 0) is 37.1 Å². The number of unbranched alkanes of at least 4 members (excludes halogenated alkanes) is 5. The predicted molar refractivity (Wildman–Crippen MR) is 93.3 cm³/mol. The van der Waals surface area contributed by atoms with Crippen LogP contribution in [-0.2, 0) is 0 Å². The van der Waals surface area contributed by atoms with Crippen LogP contribution in [0.5, 0.6) is 5.75 Å². The van der Waals surface area contributed by atoms with Crippen molar-refractivity contribution >= 4 is 0 Å². The van der Waals surface area contributed by atoms with Crippen LogP contribution in [0.2, 0.25) is 0 Å². The molecule has 0 aliphatic rings. The molecule has 22 heavy (non-hydrogen) atoms. The van der Waals surface area contributed by atoms with E-state index in [1.165, 1.54) is 37.7 Å². The van der Waals surface area contributed by atoms with Crippen LogP contribution in [0.3, 0.4) is 0 Å². The zero-order valence-corrected chi connectivity index (χ0v) is 13.8. The summed E-state index contributed by atoms with van der Waals surface area (Å²) in [5.74, 6) is 0.981. The molecule has 0 amide bonds. The first-order valence-electron chi connectivity index (χ1n) is 8.46. The second-order valence-electron chi connectivity index (χ2n) is 5.78. The molecule has 0 saturated heterocycles. The van der Waals surface area contributed by atoms with Gasteiger partial charge in [0.05, 0.1) is 12.3 Å². The van der Waals surface area contributed by atoms with Gasteiger partial charge in [0.25, 0.3) is 0 Å². The number of aryl methyl sites for hydroxylation is 1. The smallest absolute Gasteiger partial charge is 0.131 e. The molecule has 0 aliphatic carbocycles. The van der Waals surface area contributed by atoms with Crippen LogP contribution in [0.15, 0.2) is 42.6 Å². The Bertz CT molecular complexity index is 551. The summed E-state index contributed by atoms with van der Waals surface area (Å²) < 4.78 is 6.09. The van der Waals surface area contributed by atoms with Crippen molar-refractivity contribution in [3.8, 4) is 17.0 Å². The Morgan fingerprint density at radius 2 is 1.73 bits per heavy atom. The summed E-state index contributed by atoms with van der Waals surface area (Å²) in [4.78, 5) is 4.45. The summed E-state index contributed by atoms with van der Waals surface area (Å²) >= 11 is 0. The van der Waals surface area contributed by atoms with E-state index < -0.39 is 0 Å². The Labute approximate surface area is 134 Å². The maximum Gasteiger partial charge on any atom is 0.131 e. The van der Waals surface area contributed by atoms with Crippen molar-refractivity contribution in [1.82, 2.24) is 4.98 Å². The number of rotatable bonds is 9. The number of hydrogen-bond acceptors (Lipinski definition) is 2. The fraction of sp³-hybridized carbons (Fsp3) is 0.450. The third kappa shape index (κ3) is 4.87. The van der Waals surface area contributed by atoms with E-state index >= 15 is 0 Å². The zero-order chi connectivity index (χ0) is 15.6. The number of aromatic nitrogens is 1.